The number of benzene rings is 2. The van der Waals surface area contributed by atoms with Crippen molar-refractivity contribution >= 4 is 17.6 Å². The van der Waals surface area contributed by atoms with Crippen LogP contribution < -0.4 is 16.0 Å². The molecule has 2 aromatic carbocycles. The Bertz CT molecular complexity index is 844. The van der Waals surface area contributed by atoms with Gasteiger partial charge in [0.2, 0.25) is 5.91 Å². The van der Waals surface area contributed by atoms with E-state index < -0.39 is 0 Å². The molecule has 166 valence electrons. The van der Waals surface area contributed by atoms with Crippen LogP contribution in [0, 0.1) is 0 Å². The molecule has 0 aromatic heterocycles. The highest BCUT2D eigenvalue weighted by atomic mass is 16.1. The zero-order valence-electron chi connectivity index (χ0n) is 18.7. The first-order chi connectivity index (χ1) is 15.2. The molecule has 1 heterocycles. The minimum atomic E-state index is 0.0590. The number of nitrogens with one attached hydrogen (secondary N) is 3. The number of anilines is 1. The number of likely N-dealkylation sites (tertiary alicyclic amines) is 1. The number of carbonyl (C=O) groups excluding carboxylic acids is 1. The molecular formula is C25H35N5O. The SMILES string of the molecule is CCCC(=O)Nc1cccc(CNC(=NC)NC2CCN(Cc3ccccc3)CC2)c1. The van der Waals surface area contributed by atoms with Crippen LogP contribution in [0.1, 0.15) is 43.7 Å². The molecule has 6 nitrogen and oxygen atoms in total. The summed E-state index contributed by atoms with van der Waals surface area (Å²) in [6, 6.07) is 19.1. The molecule has 0 saturated carbocycles. The topological polar surface area (TPSA) is 68.8 Å². The average molecular weight is 422 g/mol. The maximum Gasteiger partial charge on any atom is 0.224 e. The fourth-order valence-corrected chi connectivity index (χ4v) is 3.86. The predicted octanol–water partition coefficient (Wildman–Crippen LogP) is 3.75. The number of amides is 1. The van der Waals surface area contributed by atoms with Gasteiger partial charge < -0.3 is 16.0 Å². The van der Waals surface area contributed by atoms with E-state index in [-0.39, 0.29) is 5.91 Å². The van der Waals surface area contributed by atoms with E-state index >= 15 is 0 Å². The van der Waals surface area contributed by atoms with Gasteiger partial charge in [0, 0.05) is 51.4 Å². The summed E-state index contributed by atoms with van der Waals surface area (Å²) in [5.41, 5.74) is 3.32. The second-order valence-electron chi connectivity index (χ2n) is 8.10. The molecule has 1 saturated heterocycles. The molecule has 0 bridgehead atoms. The van der Waals surface area contributed by atoms with Crippen molar-refractivity contribution in [2.45, 2.75) is 51.7 Å². The maximum absolute atomic E-state index is 11.8. The van der Waals surface area contributed by atoms with Gasteiger partial charge in [-0.05, 0) is 42.5 Å². The molecule has 1 fully saturated rings. The first-order valence-electron chi connectivity index (χ1n) is 11.3. The van der Waals surface area contributed by atoms with E-state index in [1.807, 2.05) is 25.1 Å². The molecule has 6 heteroatoms. The third-order valence-electron chi connectivity index (χ3n) is 5.55. The predicted molar refractivity (Wildman–Crippen MR) is 128 cm³/mol. The molecule has 3 N–H and O–H groups in total. The summed E-state index contributed by atoms with van der Waals surface area (Å²) in [6.07, 6.45) is 3.60. The van der Waals surface area contributed by atoms with Gasteiger partial charge >= 0.3 is 0 Å². The Labute approximate surface area is 186 Å². The van der Waals surface area contributed by atoms with E-state index in [9.17, 15) is 4.79 Å². The van der Waals surface area contributed by atoms with Gasteiger partial charge in [-0.3, -0.25) is 14.7 Å². The summed E-state index contributed by atoms with van der Waals surface area (Å²) in [5, 5.41) is 9.92. The Morgan fingerprint density at radius 2 is 1.81 bits per heavy atom. The van der Waals surface area contributed by atoms with Gasteiger partial charge in [0.25, 0.3) is 0 Å². The van der Waals surface area contributed by atoms with E-state index in [0.717, 1.165) is 56.1 Å². The van der Waals surface area contributed by atoms with Crippen LogP contribution in [-0.2, 0) is 17.9 Å². The van der Waals surface area contributed by atoms with Crippen LogP contribution in [0.4, 0.5) is 5.69 Å². The maximum atomic E-state index is 11.8. The summed E-state index contributed by atoms with van der Waals surface area (Å²) in [4.78, 5) is 18.7. The lowest BCUT2D eigenvalue weighted by atomic mass is 10.0. The van der Waals surface area contributed by atoms with Gasteiger partial charge in [-0.2, -0.15) is 0 Å². The quantitative estimate of drug-likeness (QED) is 0.448. The number of nitrogens with zero attached hydrogens (tertiary/aromatic N) is 2. The highest BCUT2D eigenvalue weighted by Gasteiger charge is 2.20. The van der Waals surface area contributed by atoms with Gasteiger partial charge in [-0.25, -0.2) is 0 Å². The number of hydrogen-bond donors (Lipinski definition) is 3. The average Bonchev–Trinajstić information content (AvgIpc) is 2.79. The Hall–Kier alpha value is -2.86. The molecule has 3 rings (SSSR count). The summed E-state index contributed by atoms with van der Waals surface area (Å²) in [5.74, 6) is 0.880. The van der Waals surface area contributed by atoms with Gasteiger partial charge in [0.1, 0.15) is 0 Å². The third-order valence-corrected chi connectivity index (χ3v) is 5.55. The van der Waals surface area contributed by atoms with Crippen molar-refractivity contribution in [2.24, 2.45) is 4.99 Å². The minimum Gasteiger partial charge on any atom is -0.354 e. The molecule has 2 aromatic rings. The van der Waals surface area contributed by atoms with Gasteiger partial charge in [-0.1, -0.05) is 49.4 Å². The number of rotatable bonds is 8. The minimum absolute atomic E-state index is 0.0590. The van der Waals surface area contributed by atoms with Crippen molar-refractivity contribution in [3.05, 3.63) is 65.7 Å². The van der Waals surface area contributed by atoms with Gasteiger partial charge in [-0.15, -0.1) is 0 Å². The highest BCUT2D eigenvalue weighted by molar-refractivity contribution is 5.90. The standard InChI is InChI=1S/C25H35N5O/c1-3-8-24(31)28-23-12-7-11-21(17-23)18-27-25(26-2)29-22-13-15-30(16-14-22)19-20-9-5-4-6-10-20/h4-7,9-12,17,22H,3,8,13-16,18-19H2,1-2H3,(H,28,31)(H2,26,27,29). The van der Waals surface area contributed by atoms with Crippen LogP contribution in [0.5, 0.6) is 0 Å². The summed E-state index contributed by atoms with van der Waals surface area (Å²) in [7, 11) is 1.81. The fraction of sp³-hybridized carbons (Fsp3) is 0.440. The van der Waals surface area contributed by atoms with Crippen molar-refractivity contribution in [2.75, 3.05) is 25.5 Å². The van der Waals surface area contributed by atoms with Crippen molar-refractivity contribution in [3.8, 4) is 0 Å². The van der Waals surface area contributed by atoms with E-state index in [2.05, 4.69) is 62.2 Å². The Morgan fingerprint density at radius 1 is 1.06 bits per heavy atom. The molecule has 0 spiro atoms. The smallest absolute Gasteiger partial charge is 0.224 e. The molecule has 1 amide bonds. The number of aliphatic imine (C=N–C) groups is 1. The number of carbonyl (C=O) groups is 1. The van der Waals surface area contributed by atoms with Crippen molar-refractivity contribution in [1.82, 2.24) is 15.5 Å². The first-order valence-corrected chi connectivity index (χ1v) is 11.3. The second-order valence-corrected chi connectivity index (χ2v) is 8.10. The number of guanidine groups is 1. The third kappa shape index (κ3) is 7.72. The van der Waals surface area contributed by atoms with Crippen LogP contribution in [0.2, 0.25) is 0 Å². The normalized spacial score (nSPS) is 15.5. The Kier molecular flexibility index (Phi) is 8.91. The van der Waals surface area contributed by atoms with Crippen LogP contribution in [0.3, 0.4) is 0 Å². The lowest BCUT2D eigenvalue weighted by molar-refractivity contribution is -0.116. The summed E-state index contributed by atoms with van der Waals surface area (Å²) < 4.78 is 0. The van der Waals surface area contributed by atoms with Crippen molar-refractivity contribution in [3.63, 3.8) is 0 Å². The molecule has 1 aliphatic heterocycles. The molecule has 0 atom stereocenters. The van der Waals surface area contributed by atoms with Crippen molar-refractivity contribution < 1.29 is 4.79 Å². The Morgan fingerprint density at radius 3 is 2.52 bits per heavy atom. The van der Waals surface area contributed by atoms with Crippen LogP contribution in [0.15, 0.2) is 59.6 Å². The van der Waals surface area contributed by atoms with Crippen molar-refractivity contribution in [1.29, 1.82) is 0 Å². The molecule has 0 aliphatic carbocycles. The second kappa shape index (κ2) is 12.1. The number of piperidine rings is 1. The highest BCUT2D eigenvalue weighted by Crippen LogP contribution is 2.14. The molecule has 0 unspecified atom stereocenters. The van der Waals surface area contributed by atoms with Gasteiger partial charge in [0.15, 0.2) is 5.96 Å². The van der Waals surface area contributed by atoms with Crippen LogP contribution in [-0.4, -0.2) is 42.9 Å². The van der Waals surface area contributed by atoms with Crippen LogP contribution >= 0.6 is 0 Å². The molecular weight excluding hydrogens is 386 g/mol. The lowest BCUT2D eigenvalue weighted by Crippen LogP contribution is -2.48. The lowest BCUT2D eigenvalue weighted by Gasteiger charge is -2.33. The van der Waals surface area contributed by atoms with Crippen LogP contribution in [0.25, 0.3) is 0 Å². The monoisotopic (exact) mass is 421 g/mol. The van der Waals surface area contributed by atoms with E-state index in [4.69, 9.17) is 0 Å². The number of hydrogen-bond acceptors (Lipinski definition) is 3. The van der Waals surface area contributed by atoms with E-state index in [0.29, 0.717) is 19.0 Å². The fourth-order valence-electron chi connectivity index (χ4n) is 3.86. The largest absolute Gasteiger partial charge is 0.354 e. The molecule has 1 aliphatic rings. The van der Waals surface area contributed by atoms with E-state index in [1.165, 1.54) is 5.56 Å². The molecule has 31 heavy (non-hydrogen) atoms. The first kappa shape index (κ1) is 22.8. The zero-order valence-corrected chi connectivity index (χ0v) is 18.7. The zero-order chi connectivity index (χ0) is 21.9. The van der Waals surface area contributed by atoms with E-state index in [1.54, 1.807) is 7.05 Å². The molecule has 0 radical (unpaired) electrons. The summed E-state index contributed by atoms with van der Waals surface area (Å²) in [6.45, 7) is 5.85. The Balaban J connectivity index is 1.42. The summed E-state index contributed by atoms with van der Waals surface area (Å²) >= 11 is 0. The van der Waals surface area contributed by atoms with Gasteiger partial charge in [0.05, 0.1) is 0 Å².